The molecule has 1 N–H and O–H groups in total. The van der Waals surface area contributed by atoms with Crippen molar-refractivity contribution in [3.8, 4) is 5.69 Å². The maximum Gasteiger partial charge on any atom is 0.418 e. The average molecular weight is 299 g/mol. The summed E-state index contributed by atoms with van der Waals surface area (Å²) >= 11 is 0. The van der Waals surface area contributed by atoms with Gasteiger partial charge in [0.1, 0.15) is 0 Å². The SMILES string of the molecule is CC(C)CNCc1nnnn1-c1ccccc1C(F)(F)F. The number of rotatable bonds is 5. The van der Waals surface area contributed by atoms with Crippen molar-refractivity contribution in [2.75, 3.05) is 6.54 Å². The van der Waals surface area contributed by atoms with Crippen molar-refractivity contribution >= 4 is 0 Å². The summed E-state index contributed by atoms with van der Waals surface area (Å²) in [5.74, 6) is 0.768. The molecule has 0 aliphatic carbocycles. The summed E-state index contributed by atoms with van der Waals surface area (Å²) in [6, 6.07) is 5.23. The van der Waals surface area contributed by atoms with E-state index in [4.69, 9.17) is 0 Å². The summed E-state index contributed by atoms with van der Waals surface area (Å²) in [7, 11) is 0. The van der Waals surface area contributed by atoms with Crippen molar-refractivity contribution in [2.45, 2.75) is 26.6 Å². The minimum Gasteiger partial charge on any atom is -0.310 e. The van der Waals surface area contributed by atoms with Crippen LogP contribution in [0, 0.1) is 5.92 Å². The molecule has 2 aromatic rings. The highest BCUT2D eigenvalue weighted by Crippen LogP contribution is 2.33. The number of halogens is 3. The van der Waals surface area contributed by atoms with Gasteiger partial charge in [0, 0.05) is 0 Å². The van der Waals surface area contributed by atoms with Crippen LogP contribution in [0.4, 0.5) is 13.2 Å². The van der Waals surface area contributed by atoms with Gasteiger partial charge in [-0.05, 0) is 35.0 Å². The van der Waals surface area contributed by atoms with Crippen molar-refractivity contribution in [1.82, 2.24) is 25.5 Å². The molecule has 0 aliphatic rings. The van der Waals surface area contributed by atoms with Crippen molar-refractivity contribution in [2.24, 2.45) is 5.92 Å². The Morgan fingerprint density at radius 2 is 1.95 bits per heavy atom. The number of benzene rings is 1. The lowest BCUT2D eigenvalue weighted by Gasteiger charge is -2.13. The van der Waals surface area contributed by atoms with Gasteiger partial charge in [-0.15, -0.1) is 5.10 Å². The zero-order valence-electron chi connectivity index (χ0n) is 11.7. The highest BCUT2D eigenvalue weighted by molar-refractivity contribution is 5.42. The van der Waals surface area contributed by atoms with E-state index in [0.29, 0.717) is 18.3 Å². The van der Waals surface area contributed by atoms with E-state index in [1.54, 1.807) is 0 Å². The van der Waals surface area contributed by atoms with Gasteiger partial charge < -0.3 is 5.32 Å². The van der Waals surface area contributed by atoms with Crippen molar-refractivity contribution in [1.29, 1.82) is 0 Å². The molecule has 1 aromatic carbocycles. The summed E-state index contributed by atoms with van der Waals surface area (Å²) in [4.78, 5) is 0. The fraction of sp³-hybridized carbons (Fsp3) is 0.462. The Hall–Kier alpha value is -1.96. The van der Waals surface area contributed by atoms with Crippen LogP contribution in [0.2, 0.25) is 0 Å². The summed E-state index contributed by atoms with van der Waals surface area (Å²) in [5.41, 5.74) is -0.834. The molecule has 0 saturated carbocycles. The molecule has 0 saturated heterocycles. The van der Waals surface area contributed by atoms with E-state index in [2.05, 4.69) is 20.8 Å². The normalized spacial score (nSPS) is 12.1. The minimum absolute atomic E-state index is 0.0728. The molecular formula is C13H16F3N5. The molecule has 1 heterocycles. The van der Waals surface area contributed by atoms with E-state index in [9.17, 15) is 13.2 Å². The van der Waals surface area contributed by atoms with E-state index >= 15 is 0 Å². The first-order valence-electron chi connectivity index (χ1n) is 6.54. The van der Waals surface area contributed by atoms with E-state index in [0.717, 1.165) is 17.3 Å². The lowest BCUT2D eigenvalue weighted by Crippen LogP contribution is -2.22. The summed E-state index contributed by atoms with van der Waals surface area (Å²) in [6.07, 6.45) is -4.45. The molecule has 1 aromatic heterocycles. The quantitative estimate of drug-likeness (QED) is 0.921. The molecule has 2 rings (SSSR count). The number of hydrogen-bond acceptors (Lipinski definition) is 4. The second-order valence-electron chi connectivity index (χ2n) is 5.05. The average Bonchev–Trinajstić information content (AvgIpc) is 2.85. The van der Waals surface area contributed by atoms with E-state index in [-0.39, 0.29) is 5.69 Å². The van der Waals surface area contributed by atoms with E-state index < -0.39 is 11.7 Å². The Labute approximate surface area is 120 Å². The Bertz CT molecular complexity index is 591. The van der Waals surface area contributed by atoms with Crippen LogP contribution in [0.5, 0.6) is 0 Å². The summed E-state index contributed by atoms with van der Waals surface area (Å²) in [5, 5.41) is 14.0. The van der Waals surface area contributed by atoms with Gasteiger partial charge in [0.05, 0.1) is 17.8 Å². The van der Waals surface area contributed by atoms with Crippen molar-refractivity contribution < 1.29 is 13.2 Å². The monoisotopic (exact) mass is 299 g/mol. The smallest absolute Gasteiger partial charge is 0.310 e. The Kier molecular flexibility index (Phi) is 4.56. The number of nitrogens with one attached hydrogen (secondary N) is 1. The van der Waals surface area contributed by atoms with Gasteiger partial charge in [-0.1, -0.05) is 26.0 Å². The van der Waals surface area contributed by atoms with Crippen LogP contribution in [0.25, 0.3) is 5.69 Å². The molecule has 0 amide bonds. The minimum atomic E-state index is -4.45. The molecule has 5 nitrogen and oxygen atoms in total. The first kappa shape index (κ1) is 15.4. The number of tetrazole rings is 1. The fourth-order valence-electron chi connectivity index (χ4n) is 1.87. The maximum atomic E-state index is 13.0. The number of nitrogens with zero attached hydrogens (tertiary/aromatic N) is 4. The first-order valence-corrected chi connectivity index (χ1v) is 6.54. The molecule has 0 aliphatic heterocycles. The summed E-state index contributed by atoms with van der Waals surface area (Å²) in [6.45, 7) is 5.11. The van der Waals surface area contributed by atoms with Gasteiger partial charge in [-0.2, -0.15) is 17.9 Å². The number of para-hydroxylation sites is 1. The van der Waals surface area contributed by atoms with Crippen molar-refractivity contribution in [3.63, 3.8) is 0 Å². The number of hydrogen-bond donors (Lipinski definition) is 1. The van der Waals surface area contributed by atoms with Crippen LogP contribution in [0.3, 0.4) is 0 Å². The van der Waals surface area contributed by atoms with Gasteiger partial charge in [0.15, 0.2) is 5.82 Å². The van der Waals surface area contributed by atoms with Crippen LogP contribution >= 0.6 is 0 Å². The molecule has 21 heavy (non-hydrogen) atoms. The van der Waals surface area contributed by atoms with Gasteiger partial charge in [0.2, 0.25) is 0 Å². The van der Waals surface area contributed by atoms with E-state index in [1.807, 2.05) is 13.8 Å². The molecule has 0 fully saturated rings. The molecule has 0 radical (unpaired) electrons. The zero-order chi connectivity index (χ0) is 15.5. The lowest BCUT2D eigenvalue weighted by atomic mass is 10.1. The first-order chi connectivity index (χ1) is 9.89. The third-order valence-corrected chi connectivity index (χ3v) is 2.81. The molecular weight excluding hydrogens is 283 g/mol. The largest absolute Gasteiger partial charge is 0.418 e. The second kappa shape index (κ2) is 6.21. The van der Waals surface area contributed by atoms with Crippen LogP contribution in [-0.2, 0) is 12.7 Å². The van der Waals surface area contributed by atoms with E-state index in [1.165, 1.54) is 18.2 Å². The van der Waals surface area contributed by atoms with Gasteiger partial charge in [0.25, 0.3) is 0 Å². The highest BCUT2D eigenvalue weighted by atomic mass is 19.4. The zero-order valence-corrected chi connectivity index (χ0v) is 11.7. The number of alkyl halides is 3. The molecule has 8 heteroatoms. The molecule has 0 spiro atoms. The van der Waals surface area contributed by atoms with Crippen LogP contribution in [0.15, 0.2) is 24.3 Å². The van der Waals surface area contributed by atoms with Gasteiger partial charge in [-0.25, -0.2) is 0 Å². The van der Waals surface area contributed by atoms with Crippen LogP contribution < -0.4 is 5.32 Å². The maximum absolute atomic E-state index is 13.0. The highest BCUT2D eigenvalue weighted by Gasteiger charge is 2.34. The molecule has 0 unspecified atom stereocenters. The predicted molar refractivity (Wildman–Crippen MR) is 70.7 cm³/mol. The Morgan fingerprint density at radius 1 is 1.24 bits per heavy atom. The Morgan fingerprint density at radius 3 is 2.62 bits per heavy atom. The van der Waals surface area contributed by atoms with Gasteiger partial charge in [-0.3, -0.25) is 0 Å². The molecule has 0 bridgehead atoms. The molecule has 114 valence electrons. The third-order valence-electron chi connectivity index (χ3n) is 2.81. The van der Waals surface area contributed by atoms with Crippen LogP contribution in [0.1, 0.15) is 25.2 Å². The second-order valence-corrected chi connectivity index (χ2v) is 5.05. The number of aromatic nitrogens is 4. The lowest BCUT2D eigenvalue weighted by molar-refractivity contribution is -0.137. The summed E-state index contributed by atoms with van der Waals surface area (Å²) < 4.78 is 40.2. The third kappa shape index (κ3) is 3.78. The standard InChI is InChI=1S/C13H16F3N5/c1-9(2)7-17-8-12-18-19-20-21(12)11-6-4-3-5-10(11)13(14,15)16/h3-6,9,17H,7-8H2,1-2H3. The van der Waals surface area contributed by atoms with Crippen LogP contribution in [-0.4, -0.2) is 26.8 Å². The van der Waals surface area contributed by atoms with Gasteiger partial charge >= 0.3 is 6.18 Å². The Balaban J connectivity index is 2.30. The van der Waals surface area contributed by atoms with Crippen molar-refractivity contribution in [3.05, 3.63) is 35.7 Å². The molecule has 0 atom stereocenters. The predicted octanol–water partition coefficient (Wildman–Crippen LogP) is 2.43. The fourth-order valence-corrected chi connectivity index (χ4v) is 1.87. The topological polar surface area (TPSA) is 55.6 Å².